The maximum atomic E-state index is 14.0. The SMILES string of the molecule is CC(C)C[C@H](NC(=O)[C@H](CC(C)C)NC(=O)Cn1c2ccccc2c(=O)c2ccccc21)B1O[C@@H]2C[C@@H]3C[C@@H](C3(C)C)[C@]2(C)O1. The molecule has 3 aliphatic carbocycles. The van der Waals surface area contributed by atoms with Crippen molar-refractivity contribution in [2.75, 3.05) is 0 Å². The van der Waals surface area contributed by atoms with Gasteiger partial charge in [-0.25, -0.2) is 0 Å². The third kappa shape index (κ3) is 5.71. The molecular weight excluding hydrogens is 565 g/mol. The molecule has 1 aromatic heterocycles. The summed E-state index contributed by atoms with van der Waals surface area (Å²) < 4.78 is 15.2. The van der Waals surface area contributed by atoms with Crippen molar-refractivity contribution in [3.8, 4) is 0 Å². The van der Waals surface area contributed by atoms with Crippen LogP contribution < -0.4 is 16.1 Å². The Morgan fingerprint density at radius 2 is 1.51 bits per heavy atom. The first kappa shape index (κ1) is 31.8. The Hall–Kier alpha value is -3.17. The second-order valence-electron chi connectivity index (χ2n) is 15.3. The maximum absolute atomic E-state index is 14.0. The first-order valence-electron chi connectivity index (χ1n) is 16.7. The van der Waals surface area contributed by atoms with Gasteiger partial charge in [0, 0.05) is 10.8 Å². The number of fused-ring (bicyclic) bond motifs is 2. The van der Waals surface area contributed by atoms with Crippen LogP contribution in [0.2, 0.25) is 0 Å². The molecule has 8 nitrogen and oxygen atoms in total. The number of hydrogen-bond donors (Lipinski definition) is 2. The highest BCUT2D eigenvalue weighted by molar-refractivity contribution is 6.48. The lowest BCUT2D eigenvalue weighted by atomic mass is 9.43. The summed E-state index contributed by atoms with van der Waals surface area (Å²) in [6, 6.07) is 14.0. The van der Waals surface area contributed by atoms with Crippen molar-refractivity contribution in [1.29, 1.82) is 0 Å². The van der Waals surface area contributed by atoms with E-state index < -0.39 is 13.2 Å². The zero-order chi connectivity index (χ0) is 32.3. The molecule has 1 aliphatic heterocycles. The van der Waals surface area contributed by atoms with Crippen LogP contribution in [0.25, 0.3) is 21.8 Å². The third-order valence-electron chi connectivity index (χ3n) is 10.9. The van der Waals surface area contributed by atoms with Crippen LogP contribution in [0.15, 0.2) is 53.3 Å². The van der Waals surface area contributed by atoms with Crippen LogP contribution in [0.5, 0.6) is 0 Å². The van der Waals surface area contributed by atoms with Gasteiger partial charge >= 0.3 is 7.12 Å². The standard InChI is InChI=1S/C36H48BN3O5/c1-21(2)16-26(38-32(41)20-40-27-14-10-8-12-24(27)33(42)25-13-9-11-15-28(25)40)34(43)39-31(17-22(3)4)37-44-30-19-23-18-29(35(23,5)6)36(30,7)45-37/h8-15,21-23,26,29-31H,16-20H2,1-7H3,(H,38,41)(H,39,43)/t23-,26-,29-,30+,31-,36-/m0/s1. The van der Waals surface area contributed by atoms with Gasteiger partial charge in [0.1, 0.15) is 12.6 Å². The second kappa shape index (κ2) is 11.9. The van der Waals surface area contributed by atoms with Crippen LogP contribution in [0.3, 0.4) is 0 Å². The first-order valence-corrected chi connectivity index (χ1v) is 16.7. The highest BCUT2D eigenvalue weighted by Gasteiger charge is 2.68. The van der Waals surface area contributed by atoms with Crippen molar-refractivity contribution >= 4 is 40.7 Å². The minimum atomic E-state index is -0.727. The van der Waals surface area contributed by atoms with Crippen LogP contribution in [0, 0.1) is 29.1 Å². The Kier molecular flexibility index (Phi) is 8.40. The van der Waals surface area contributed by atoms with Gasteiger partial charge in [0.2, 0.25) is 11.8 Å². The summed E-state index contributed by atoms with van der Waals surface area (Å²) >= 11 is 0. The van der Waals surface area contributed by atoms with E-state index in [4.69, 9.17) is 9.31 Å². The normalized spacial score (nSPS) is 26.5. The van der Waals surface area contributed by atoms with E-state index in [9.17, 15) is 14.4 Å². The van der Waals surface area contributed by atoms with E-state index in [2.05, 4.69) is 45.3 Å². The number of aromatic nitrogens is 1. The third-order valence-corrected chi connectivity index (χ3v) is 10.9. The van der Waals surface area contributed by atoms with Crippen molar-refractivity contribution in [1.82, 2.24) is 15.2 Å². The number of amides is 2. The number of rotatable bonds is 10. The molecule has 2 heterocycles. The molecule has 45 heavy (non-hydrogen) atoms. The van der Waals surface area contributed by atoms with Crippen molar-refractivity contribution in [2.24, 2.45) is 29.1 Å². The minimum Gasteiger partial charge on any atom is -0.404 e. The summed E-state index contributed by atoms with van der Waals surface area (Å²) in [5.74, 6) is 0.708. The number of nitrogens with zero attached hydrogens (tertiary/aromatic N) is 1. The Labute approximate surface area is 266 Å². The summed E-state index contributed by atoms with van der Waals surface area (Å²) in [6.07, 6.45) is 3.37. The summed E-state index contributed by atoms with van der Waals surface area (Å²) in [5, 5.41) is 7.41. The molecule has 3 saturated carbocycles. The van der Waals surface area contributed by atoms with Crippen LogP contribution in [0.1, 0.15) is 74.1 Å². The van der Waals surface area contributed by atoms with E-state index in [1.807, 2.05) is 54.8 Å². The molecule has 1 saturated heterocycles. The maximum Gasteiger partial charge on any atom is 0.481 e. The number of benzene rings is 2. The minimum absolute atomic E-state index is 0.0220. The van der Waals surface area contributed by atoms with Crippen LogP contribution >= 0.6 is 0 Å². The van der Waals surface area contributed by atoms with Crippen molar-refractivity contribution in [3.63, 3.8) is 0 Å². The van der Waals surface area contributed by atoms with Gasteiger partial charge < -0.3 is 24.5 Å². The average Bonchev–Trinajstić information content (AvgIpc) is 3.35. The Morgan fingerprint density at radius 3 is 2.09 bits per heavy atom. The molecule has 0 radical (unpaired) electrons. The predicted octanol–water partition coefficient (Wildman–Crippen LogP) is 5.48. The molecule has 4 aliphatic rings. The molecule has 6 atom stereocenters. The Balaban J connectivity index is 1.21. The molecule has 0 unspecified atom stereocenters. The van der Waals surface area contributed by atoms with Gasteiger partial charge in [0.25, 0.3) is 0 Å². The number of nitrogens with one attached hydrogen (secondary N) is 2. The fourth-order valence-corrected chi connectivity index (χ4v) is 8.43. The highest BCUT2D eigenvalue weighted by Crippen LogP contribution is 2.65. The number of para-hydroxylation sites is 2. The second-order valence-corrected chi connectivity index (χ2v) is 15.3. The lowest BCUT2D eigenvalue weighted by molar-refractivity contribution is -0.199. The number of hydrogen-bond acceptors (Lipinski definition) is 5. The molecular formula is C36H48BN3O5. The summed E-state index contributed by atoms with van der Waals surface area (Å²) in [7, 11) is -0.532. The van der Waals surface area contributed by atoms with Gasteiger partial charge in [0.05, 0.1) is 28.7 Å². The summed E-state index contributed by atoms with van der Waals surface area (Å²) in [4.78, 5) is 40.8. The zero-order valence-corrected chi connectivity index (χ0v) is 27.8. The van der Waals surface area contributed by atoms with Gasteiger partial charge in [-0.3, -0.25) is 14.4 Å². The van der Waals surface area contributed by atoms with Gasteiger partial charge in [-0.15, -0.1) is 0 Å². The lowest BCUT2D eigenvalue weighted by Crippen LogP contribution is -2.65. The Bertz CT molecular complexity index is 1610. The van der Waals surface area contributed by atoms with Gasteiger partial charge in [0.15, 0.2) is 5.43 Å². The highest BCUT2D eigenvalue weighted by atomic mass is 16.7. The zero-order valence-electron chi connectivity index (χ0n) is 27.8. The summed E-state index contributed by atoms with van der Waals surface area (Å²) in [6.45, 7) is 15.2. The van der Waals surface area contributed by atoms with Gasteiger partial charge in [-0.05, 0) is 86.0 Å². The van der Waals surface area contributed by atoms with E-state index >= 15 is 0 Å². The average molecular weight is 614 g/mol. The smallest absolute Gasteiger partial charge is 0.404 e. The molecule has 2 aromatic carbocycles. The largest absolute Gasteiger partial charge is 0.481 e. The molecule has 2 amide bonds. The Morgan fingerprint density at radius 1 is 0.911 bits per heavy atom. The molecule has 4 fully saturated rings. The molecule has 240 valence electrons. The fraction of sp³-hybridized carbons (Fsp3) is 0.583. The number of pyridine rings is 1. The quantitative estimate of drug-likeness (QED) is 0.233. The molecule has 9 heteroatoms. The van der Waals surface area contributed by atoms with Crippen molar-refractivity contribution < 1.29 is 18.9 Å². The molecule has 0 spiro atoms. The van der Waals surface area contributed by atoms with Gasteiger partial charge in [-0.2, -0.15) is 0 Å². The topological polar surface area (TPSA) is 98.7 Å². The molecule has 7 rings (SSSR count). The van der Waals surface area contributed by atoms with E-state index in [1.54, 1.807) is 12.1 Å². The van der Waals surface area contributed by atoms with Crippen molar-refractivity contribution in [3.05, 3.63) is 58.8 Å². The lowest BCUT2D eigenvalue weighted by Gasteiger charge is -2.64. The van der Waals surface area contributed by atoms with Crippen LogP contribution in [-0.4, -0.2) is 47.2 Å². The van der Waals surface area contributed by atoms with E-state index in [0.717, 1.165) is 6.42 Å². The van der Waals surface area contributed by atoms with E-state index in [1.165, 1.54) is 6.42 Å². The molecule has 3 aromatic rings. The van der Waals surface area contributed by atoms with E-state index in [0.29, 0.717) is 52.4 Å². The van der Waals surface area contributed by atoms with Crippen LogP contribution in [0.4, 0.5) is 0 Å². The van der Waals surface area contributed by atoms with Gasteiger partial charge in [-0.1, -0.05) is 65.8 Å². The summed E-state index contributed by atoms with van der Waals surface area (Å²) in [5.41, 5.74) is 1.18. The molecule has 2 bridgehead atoms. The van der Waals surface area contributed by atoms with Crippen LogP contribution in [-0.2, 0) is 25.4 Å². The van der Waals surface area contributed by atoms with Crippen molar-refractivity contribution in [2.45, 2.75) is 104 Å². The fourth-order valence-electron chi connectivity index (χ4n) is 8.43. The van der Waals surface area contributed by atoms with E-state index in [-0.39, 0.29) is 52.8 Å². The first-order chi connectivity index (χ1) is 21.3. The number of carbonyl (C=O) groups excluding carboxylic acids is 2. The molecule has 2 N–H and O–H groups in total. The monoisotopic (exact) mass is 613 g/mol. The predicted molar refractivity (Wildman–Crippen MR) is 179 cm³/mol. The number of carbonyl (C=O) groups is 2.